The molecule has 0 aromatic carbocycles. The molecule has 1 aliphatic heterocycles. The quantitative estimate of drug-likeness (QED) is 0.930. The normalized spacial score (nSPS) is 36.3. The summed E-state index contributed by atoms with van der Waals surface area (Å²) in [5.74, 6) is 0. The molecule has 0 radical (unpaired) electrons. The molecule has 4 nitrogen and oxygen atoms in total. The van der Waals surface area contributed by atoms with Crippen LogP contribution in [0.15, 0.2) is 24.4 Å². The molecule has 1 aromatic heterocycles. The zero-order chi connectivity index (χ0) is 16.4. The van der Waals surface area contributed by atoms with Crippen molar-refractivity contribution < 1.29 is 5.11 Å². The largest absolute Gasteiger partial charge is 0.384 e. The molecule has 1 aliphatic carbocycles. The monoisotopic (exact) mass is 317 g/mol. The van der Waals surface area contributed by atoms with Crippen molar-refractivity contribution in [2.75, 3.05) is 20.6 Å². The first-order valence-electron chi connectivity index (χ1n) is 9.07. The first-order chi connectivity index (χ1) is 11.0. The second-order valence-electron chi connectivity index (χ2n) is 7.57. The maximum absolute atomic E-state index is 11.0. The van der Waals surface area contributed by atoms with Crippen molar-refractivity contribution in [3.8, 4) is 0 Å². The van der Waals surface area contributed by atoms with Gasteiger partial charge in [0.15, 0.2) is 0 Å². The number of hydrogen-bond acceptors (Lipinski definition) is 4. The van der Waals surface area contributed by atoms with E-state index in [-0.39, 0.29) is 0 Å². The molecule has 128 valence electrons. The lowest BCUT2D eigenvalue weighted by Gasteiger charge is -2.47. The van der Waals surface area contributed by atoms with Crippen molar-refractivity contribution >= 4 is 0 Å². The highest BCUT2D eigenvalue weighted by atomic mass is 16.3. The minimum Gasteiger partial charge on any atom is -0.384 e. The van der Waals surface area contributed by atoms with Crippen LogP contribution in [-0.4, -0.2) is 58.7 Å². The molecule has 2 heterocycles. The molecule has 2 atom stereocenters. The summed E-state index contributed by atoms with van der Waals surface area (Å²) in [6, 6.07) is 7.68. The molecule has 1 saturated heterocycles. The summed E-state index contributed by atoms with van der Waals surface area (Å²) in [4.78, 5) is 9.47. The molecule has 2 aliphatic rings. The minimum atomic E-state index is -0.729. The van der Waals surface area contributed by atoms with Gasteiger partial charge >= 0.3 is 0 Å². The number of likely N-dealkylation sites (N-methyl/N-ethyl adjacent to an activating group) is 2. The lowest BCUT2D eigenvalue weighted by molar-refractivity contribution is -0.0396. The highest BCUT2D eigenvalue weighted by Crippen LogP contribution is 2.38. The van der Waals surface area contributed by atoms with Crippen LogP contribution in [0.4, 0.5) is 0 Å². The van der Waals surface area contributed by atoms with E-state index in [1.165, 1.54) is 19.4 Å². The lowest BCUT2D eigenvalue weighted by Crippen LogP contribution is -2.55. The van der Waals surface area contributed by atoms with Crippen LogP contribution < -0.4 is 0 Å². The molecule has 1 aromatic rings. The van der Waals surface area contributed by atoms with Crippen molar-refractivity contribution in [3.63, 3.8) is 0 Å². The van der Waals surface area contributed by atoms with Crippen LogP contribution in [-0.2, 0) is 5.60 Å². The average Bonchev–Trinajstić information content (AvgIpc) is 2.58. The minimum absolute atomic E-state index is 0.581. The zero-order valence-electron chi connectivity index (χ0n) is 14.8. The third kappa shape index (κ3) is 3.44. The van der Waals surface area contributed by atoms with Gasteiger partial charge in [-0.2, -0.15) is 0 Å². The van der Waals surface area contributed by atoms with Crippen LogP contribution in [0.5, 0.6) is 0 Å². The van der Waals surface area contributed by atoms with Crippen LogP contribution in [0.1, 0.15) is 51.1 Å². The summed E-state index contributed by atoms with van der Waals surface area (Å²) in [5, 5.41) is 11.0. The second-order valence-corrected chi connectivity index (χ2v) is 7.57. The van der Waals surface area contributed by atoms with Crippen molar-refractivity contribution in [2.45, 2.75) is 69.2 Å². The summed E-state index contributed by atoms with van der Waals surface area (Å²) >= 11 is 0. The molecule has 0 spiro atoms. The van der Waals surface area contributed by atoms with Gasteiger partial charge in [-0.25, -0.2) is 0 Å². The Morgan fingerprint density at radius 1 is 1.26 bits per heavy atom. The number of piperidine rings is 1. The zero-order valence-corrected chi connectivity index (χ0v) is 14.8. The number of rotatable bonds is 3. The summed E-state index contributed by atoms with van der Waals surface area (Å²) in [6.45, 7) is 3.57. The molecule has 4 heteroatoms. The fourth-order valence-corrected chi connectivity index (χ4v) is 4.48. The third-order valence-electron chi connectivity index (χ3n) is 6.29. The average molecular weight is 317 g/mol. The van der Waals surface area contributed by atoms with Crippen LogP contribution in [0.25, 0.3) is 0 Å². The van der Waals surface area contributed by atoms with Crippen molar-refractivity contribution in [1.29, 1.82) is 0 Å². The first-order valence-corrected chi connectivity index (χ1v) is 9.07. The smallest absolute Gasteiger partial charge is 0.107 e. The predicted octanol–water partition coefficient (Wildman–Crippen LogP) is 2.63. The molecular weight excluding hydrogens is 286 g/mol. The second kappa shape index (κ2) is 6.88. The topological polar surface area (TPSA) is 39.6 Å². The fraction of sp³-hybridized carbons (Fsp3) is 0.737. The first kappa shape index (κ1) is 16.9. The predicted molar refractivity (Wildman–Crippen MR) is 93.3 cm³/mol. The van der Waals surface area contributed by atoms with Crippen molar-refractivity contribution in [3.05, 3.63) is 30.1 Å². The standard InChI is InChI=1S/C19H31N3O/c1-15-17(7-6-14-21(15)2)22(3)16-9-11-19(23,12-10-16)18-8-4-5-13-20-18/h4-5,8,13,15-17,23H,6-7,9-12,14H2,1-3H3. The van der Waals surface area contributed by atoms with Gasteiger partial charge in [0, 0.05) is 24.3 Å². The molecular formula is C19H31N3O. The van der Waals surface area contributed by atoms with E-state index in [1.807, 2.05) is 18.2 Å². The maximum atomic E-state index is 11.0. The van der Waals surface area contributed by atoms with Gasteiger partial charge < -0.3 is 10.0 Å². The Balaban J connectivity index is 1.62. The molecule has 0 amide bonds. The van der Waals surface area contributed by atoms with E-state index in [4.69, 9.17) is 0 Å². The van der Waals surface area contributed by atoms with Crippen LogP contribution in [0, 0.1) is 0 Å². The molecule has 0 bridgehead atoms. The van der Waals surface area contributed by atoms with E-state index < -0.39 is 5.60 Å². The number of aliphatic hydroxyl groups is 1. The van der Waals surface area contributed by atoms with Gasteiger partial charge in [-0.3, -0.25) is 9.88 Å². The van der Waals surface area contributed by atoms with Gasteiger partial charge in [0.2, 0.25) is 0 Å². The number of aromatic nitrogens is 1. The van der Waals surface area contributed by atoms with E-state index in [2.05, 4.69) is 35.8 Å². The molecule has 23 heavy (non-hydrogen) atoms. The SMILES string of the molecule is CC1C(N(C)C2CCC(O)(c3ccccn3)CC2)CCCN1C. The summed E-state index contributed by atoms with van der Waals surface area (Å²) < 4.78 is 0. The van der Waals surface area contributed by atoms with Gasteiger partial charge in [-0.15, -0.1) is 0 Å². The Hall–Kier alpha value is -0.970. The Bertz CT molecular complexity index is 499. The summed E-state index contributed by atoms with van der Waals surface area (Å²) in [6.07, 6.45) is 8.10. The van der Waals surface area contributed by atoms with E-state index in [0.29, 0.717) is 18.1 Å². The van der Waals surface area contributed by atoms with Crippen LogP contribution in [0.2, 0.25) is 0 Å². The van der Waals surface area contributed by atoms with Crippen molar-refractivity contribution in [2.24, 2.45) is 0 Å². The Kier molecular flexibility index (Phi) is 5.04. The van der Waals surface area contributed by atoms with Gasteiger partial charge in [0.05, 0.1) is 5.69 Å². The van der Waals surface area contributed by atoms with Gasteiger partial charge in [0.25, 0.3) is 0 Å². The highest BCUT2D eigenvalue weighted by Gasteiger charge is 2.39. The van der Waals surface area contributed by atoms with Gasteiger partial charge in [-0.05, 0) is 78.2 Å². The van der Waals surface area contributed by atoms with E-state index in [9.17, 15) is 5.11 Å². The van der Waals surface area contributed by atoms with E-state index >= 15 is 0 Å². The Morgan fingerprint density at radius 2 is 2.00 bits per heavy atom. The highest BCUT2D eigenvalue weighted by molar-refractivity contribution is 5.14. The number of nitrogens with zero attached hydrogens (tertiary/aromatic N) is 3. The Morgan fingerprint density at radius 3 is 2.65 bits per heavy atom. The number of pyridine rings is 1. The Labute approximate surface area is 140 Å². The molecule has 1 saturated carbocycles. The van der Waals surface area contributed by atoms with E-state index in [0.717, 1.165) is 31.4 Å². The third-order valence-corrected chi connectivity index (χ3v) is 6.29. The van der Waals surface area contributed by atoms with Gasteiger partial charge in [0.1, 0.15) is 5.60 Å². The van der Waals surface area contributed by atoms with Crippen LogP contribution >= 0.6 is 0 Å². The van der Waals surface area contributed by atoms with Gasteiger partial charge in [-0.1, -0.05) is 6.07 Å². The summed E-state index contributed by atoms with van der Waals surface area (Å²) in [7, 11) is 4.53. The molecule has 2 unspecified atom stereocenters. The molecule has 1 N–H and O–H groups in total. The number of hydrogen-bond donors (Lipinski definition) is 1. The lowest BCUT2D eigenvalue weighted by atomic mass is 9.78. The fourth-order valence-electron chi connectivity index (χ4n) is 4.48. The van der Waals surface area contributed by atoms with Crippen molar-refractivity contribution in [1.82, 2.24) is 14.8 Å². The van der Waals surface area contributed by atoms with Crippen LogP contribution in [0.3, 0.4) is 0 Å². The van der Waals surface area contributed by atoms with E-state index in [1.54, 1.807) is 6.20 Å². The molecule has 2 fully saturated rings. The number of likely N-dealkylation sites (tertiary alicyclic amines) is 1. The summed E-state index contributed by atoms with van der Waals surface area (Å²) in [5.41, 5.74) is 0.111. The molecule has 3 rings (SSSR count). The maximum Gasteiger partial charge on any atom is 0.107 e.